The fourth-order valence-corrected chi connectivity index (χ4v) is 3.92. The van der Waals surface area contributed by atoms with E-state index in [-0.39, 0.29) is 17.4 Å². The lowest BCUT2D eigenvalue weighted by molar-refractivity contribution is -0.132. The van der Waals surface area contributed by atoms with Gasteiger partial charge in [0.25, 0.3) is 11.7 Å². The summed E-state index contributed by atoms with van der Waals surface area (Å²) in [7, 11) is 0. The molecule has 6 nitrogen and oxygen atoms in total. The molecule has 1 fully saturated rings. The van der Waals surface area contributed by atoms with Gasteiger partial charge in [-0.15, -0.1) is 0 Å². The average molecular weight is 428 g/mol. The number of aliphatic hydroxyl groups excluding tert-OH is 1. The van der Waals surface area contributed by atoms with Crippen LogP contribution in [0.5, 0.6) is 5.75 Å². The fraction of sp³-hybridized carbons (Fsp3) is 0.192. The van der Waals surface area contributed by atoms with Gasteiger partial charge in [0.05, 0.1) is 17.7 Å². The van der Waals surface area contributed by atoms with Crippen LogP contribution in [-0.4, -0.2) is 27.9 Å². The van der Waals surface area contributed by atoms with Gasteiger partial charge in [-0.05, 0) is 62.2 Å². The van der Waals surface area contributed by atoms with E-state index in [1.807, 2.05) is 39.0 Å². The van der Waals surface area contributed by atoms with E-state index >= 15 is 0 Å². The van der Waals surface area contributed by atoms with Crippen LogP contribution in [0.3, 0.4) is 0 Å². The lowest BCUT2D eigenvalue weighted by Crippen LogP contribution is -2.30. The molecule has 0 radical (unpaired) electrons. The highest BCUT2D eigenvalue weighted by Crippen LogP contribution is 2.43. The number of aliphatic hydroxyl groups is 1. The second kappa shape index (κ2) is 8.67. The molecule has 2 heterocycles. The summed E-state index contributed by atoms with van der Waals surface area (Å²) in [4.78, 5) is 31.9. The normalized spacial score (nSPS) is 17.8. The molecular formula is C26H24N2O4. The SMILES string of the molecule is Cc1ccccc1N1C(=O)C(=O)/C(=C(\O)c2cccc(OC(C)C)c2)C1c1ccncc1. The molecule has 6 heteroatoms. The van der Waals surface area contributed by atoms with E-state index in [0.717, 1.165) is 5.56 Å². The van der Waals surface area contributed by atoms with E-state index in [0.29, 0.717) is 22.6 Å². The molecule has 0 spiro atoms. The van der Waals surface area contributed by atoms with Crippen molar-refractivity contribution in [2.75, 3.05) is 4.90 Å². The summed E-state index contributed by atoms with van der Waals surface area (Å²) in [6, 6.07) is 16.9. The van der Waals surface area contributed by atoms with Crippen molar-refractivity contribution in [1.29, 1.82) is 0 Å². The molecule has 162 valence electrons. The molecule has 1 saturated heterocycles. The molecule has 1 atom stereocenters. The molecule has 1 aliphatic rings. The molecule has 3 aromatic rings. The predicted octanol–water partition coefficient (Wildman–Crippen LogP) is 4.80. The Labute approximate surface area is 186 Å². The highest BCUT2D eigenvalue weighted by molar-refractivity contribution is 6.51. The van der Waals surface area contributed by atoms with Crippen LogP contribution in [0.2, 0.25) is 0 Å². The Morgan fingerprint density at radius 1 is 1.03 bits per heavy atom. The zero-order chi connectivity index (χ0) is 22.8. The smallest absolute Gasteiger partial charge is 0.300 e. The van der Waals surface area contributed by atoms with Crippen LogP contribution < -0.4 is 9.64 Å². The molecule has 1 aliphatic heterocycles. The Kier molecular flexibility index (Phi) is 5.77. The number of nitrogens with zero attached hydrogens (tertiary/aromatic N) is 2. The van der Waals surface area contributed by atoms with Gasteiger partial charge in [-0.3, -0.25) is 19.5 Å². The number of Topliss-reactive ketones (excluding diaryl/α,β-unsaturated/α-hetero) is 1. The summed E-state index contributed by atoms with van der Waals surface area (Å²) in [6.07, 6.45) is 3.16. The van der Waals surface area contributed by atoms with Crippen molar-refractivity contribution >= 4 is 23.1 Å². The molecule has 0 aliphatic carbocycles. The van der Waals surface area contributed by atoms with Crippen LogP contribution in [-0.2, 0) is 9.59 Å². The number of benzene rings is 2. The molecule has 0 bridgehead atoms. The third kappa shape index (κ3) is 3.87. The number of ketones is 1. The number of carbonyl (C=O) groups excluding carboxylic acids is 2. The number of aromatic nitrogens is 1. The largest absolute Gasteiger partial charge is 0.507 e. The van der Waals surface area contributed by atoms with Gasteiger partial charge in [0.15, 0.2) is 0 Å². The van der Waals surface area contributed by atoms with Crippen LogP contribution in [0.25, 0.3) is 5.76 Å². The van der Waals surface area contributed by atoms with Crippen LogP contribution >= 0.6 is 0 Å². The van der Waals surface area contributed by atoms with E-state index < -0.39 is 17.7 Å². The van der Waals surface area contributed by atoms with Gasteiger partial charge in [0.2, 0.25) is 0 Å². The highest BCUT2D eigenvalue weighted by atomic mass is 16.5. The number of ether oxygens (including phenoxy) is 1. The topological polar surface area (TPSA) is 79.7 Å². The maximum Gasteiger partial charge on any atom is 0.300 e. The van der Waals surface area contributed by atoms with Crippen LogP contribution in [0.4, 0.5) is 5.69 Å². The second-order valence-electron chi connectivity index (χ2n) is 7.93. The second-order valence-corrected chi connectivity index (χ2v) is 7.93. The first kappa shape index (κ1) is 21.3. The van der Waals surface area contributed by atoms with Crippen molar-refractivity contribution in [1.82, 2.24) is 4.98 Å². The monoisotopic (exact) mass is 428 g/mol. The van der Waals surface area contributed by atoms with Crippen LogP contribution in [0.1, 0.15) is 36.6 Å². The van der Waals surface area contributed by atoms with E-state index in [9.17, 15) is 14.7 Å². The zero-order valence-corrected chi connectivity index (χ0v) is 18.1. The minimum absolute atomic E-state index is 0.0335. The number of hydrogen-bond donors (Lipinski definition) is 1. The Balaban J connectivity index is 1.91. The summed E-state index contributed by atoms with van der Waals surface area (Å²) in [5.41, 5.74) is 2.59. The summed E-state index contributed by atoms with van der Waals surface area (Å²) in [6.45, 7) is 5.69. The van der Waals surface area contributed by atoms with Gasteiger partial charge >= 0.3 is 0 Å². The van der Waals surface area contributed by atoms with Gasteiger partial charge in [0, 0.05) is 23.6 Å². The number of anilines is 1. The lowest BCUT2D eigenvalue weighted by atomic mass is 9.95. The Hall–Kier alpha value is -3.93. The van der Waals surface area contributed by atoms with Crippen molar-refractivity contribution in [3.63, 3.8) is 0 Å². The summed E-state index contributed by atoms with van der Waals surface area (Å²) in [5, 5.41) is 11.2. The number of pyridine rings is 1. The van der Waals surface area contributed by atoms with Gasteiger partial charge in [0.1, 0.15) is 11.5 Å². The predicted molar refractivity (Wildman–Crippen MR) is 122 cm³/mol. The number of aryl methyl sites for hydroxylation is 1. The molecule has 32 heavy (non-hydrogen) atoms. The van der Waals surface area contributed by atoms with E-state index in [4.69, 9.17) is 4.74 Å². The molecule has 4 rings (SSSR count). The molecule has 1 amide bonds. The maximum absolute atomic E-state index is 13.2. The van der Waals surface area contributed by atoms with Crippen molar-refractivity contribution in [2.24, 2.45) is 0 Å². The summed E-state index contributed by atoms with van der Waals surface area (Å²) < 4.78 is 5.73. The number of amides is 1. The first-order chi connectivity index (χ1) is 15.4. The lowest BCUT2D eigenvalue weighted by Gasteiger charge is -2.26. The first-order valence-electron chi connectivity index (χ1n) is 10.4. The maximum atomic E-state index is 13.2. The molecule has 2 aromatic carbocycles. The molecule has 1 N–H and O–H groups in total. The van der Waals surface area contributed by atoms with E-state index in [1.54, 1.807) is 54.9 Å². The Morgan fingerprint density at radius 3 is 2.44 bits per heavy atom. The fourth-order valence-electron chi connectivity index (χ4n) is 3.92. The Bertz CT molecular complexity index is 1200. The first-order valence-corrected chi connectivity index (χ1v) is 10.4. The zero-order valence-electron chi connectivity index (χ0n) is 18.1. The number of rotatable bonds is 5. The Morgan fingerprint density at radius 2 is 1.75 bits per heavy atom. The van der Waals surface area contributed by atoms with Gasteiger partial charge in [-0.2, -0.15) is 0 Å². The highest BCUT2D eigenvalue weighted by Gasteiger charge is 2.47. The van der Waals surface area contributed by atoms with Crippen molar-refractivity contribution in [2.45, 2.75) is 32.9 Å². The standard InChI is InChI=1S/C26H24N2O4/c1-16(2)32-20-9-6-8-19(15-20)24(29)22-23(18-11-13-27-14-12-18)28(26(31)25(22)30)21-10-5-4-7-17(21)3/h4-16,23,29H,1-3H3/b24-22-. The minimum atomic E-state index is -0.784. The number of hydrogen-bond acceptors (Lipinski definition) is 5. The molecular weight excluding hydrogens is 404 g/mol. The van der Waals surface area contributed by atoms with Crippen LogP contribution in [0.15, 0.2) is 78.6 Å². The molecule has 0 saturated carbocycles. The van der Waals surface area contributed by atoms with E-state index in [1.165, 1.54) is 4.90 Å². The summed E-state index contributed by atoms with van der Waals surface area (Å²) in [5.74, 6) is -1.09. The number of carbonyl (C=O) groups is 2. The summed E-state index contributed by atoms with van der Waals surface area (Å²) >= 11 is 0. The van der Waals surface area contributed by atoms with Crippen molar-refractivity contribution < 1.29 is 19.4 Å². The van der Waals surface area contributed by atoms with Crippen molar-refractivity contribution in [3.05, 3.63) is 95.3 Å². The minimum Gasteiger partial charge on any atom is -0.507 e. The van der Waals surface area contributed by atoms with Gasteiger partial charge in [-0.25, -0.2) is 0 Å². The third-order valence-corrected chi connectivity index (χ3v) is 5.32. The van der Waals surface area contributed by atoms with E-state index in [2.05, 4.69) is 4.98 Å². The van der Waals surface area contributed by atoms with Crippen molar-refractivity contribution in [3.8, 4) is 5.75 Å². The molecule has 1 unspecified atom stereocenters. The quantitative estimate of drug-likeness (QED) is 0.359. The average Bonchev–Trinajstić information content (AvgIpc) is 3.04. The van der Waals surface area contributed by atoms with Gasteiger partial charge in [-0.1, -0.05) is 30.3 Å². The van der Waals surface area contributed by atoms with Gasteiger partial charge < -0.3 is 9.84 Å². The number of para-hydroxylation sites is 1. The van der Waals surface area contributed by atoms with Crippen LogP contribution in [0, 0.1) is 6.92 Å². The molecule has 1 aromatic heterocycles. The third-order valence-electron chi connectivity index (χ3n) is 5.32.